The Morgan fingerprint density at radius 1 is 0.902 bits per heavy atom. The molecule has 3 aromatic carbocycles. The summed E-state index contributed by atoms with van der Waals surface area (Å²) in [6, 6.07) is 20.3. The van der Waals surface area contributed by atoms with Crippen molar-refractivity contribution in [2.45, 2.75) is 51.6 Å². The monoisotopic (exact) mass is 721 g/mol. The number of urea groups is 1. The topological polar surface area (TPSA) is 198 Å². The SMILES string of the molecule is CC(C)C(NC(=O)CN)C(=O)NCC(=O)Nc1ccc(CCl)c(CN(C)C(=O)OCC2c3ccccc3-c3ccccc32)c1.CCCNC(N)=O. The highest BCUT2D eigenvalue weighted by molar-refractivity contribution is 6.17. The van der Waals surface area contributed by atoms with Crippen molar-refractivity contribution >= 4 is 47.1 Å². The number of anilines is 1. The molecular weight excluding hydrogens is 674 g/mol. The number of nitrogens with two attached hydrogens (primary N) is 2. The summed E-state index contributed by atoms with van der Waals surface area (Å²) >= 11 is 6.18. The van der Waals surface area contributed by atoms with Crippen molar-refractivity contribution in [3.8, 4) is 11.1 Å². The highest BCUT2D eigenvalue weighted by atomic mass is 35.5. The molecule has 4 rings (SSSR count). The smallest absolute Gasteiger partial charge is 0.409 e. The predicted octanol–water partition coefficient (Wildman–Crippen LogP) is 4.03. The quantitative estimate of drug-likeness (QED) is 0.135. The van der Waals surface area contributed by atoms with Gasteiger partial charge in [-0.25, -0.2) is 9.59 Å². The fraction of sp³-hybridized carbons (Fsp3) is 0.378. The molecule has 0 fully saturated rings. The lowest BCUT2D eigenvalue weighted by Crippen LogP contribution is -2.52. The first-order valence-corrected chi connectivity index (χ1v) is 17.3. The Morgan fingerprint density at radius 2 is 1.53 bits per heavy atom. The first kappa shape index (κ1) is 40.3. The van der Waals surface area contributed by atoms with Gasteiger partial charge in [0.25, 0.3) is 0 Å². The molecule has 0 spiro atoms. The Balaban J connectivity index is 0.000000908. The third-order valence-electron chi connectivity index (χ3n) is 8.11. The van der Waals surface area contributed by atoms with Gasteiger partial charge in [-0.3, -0.25) is 14.4 Å². The molecule has 51 heavy (non-hydrogen) atoms. The van der Waals surface area contributed by atoms with Crippen molar-refractivity contribution in [2.24, 2.45) is 17.4 Å². The van der Waals surface area contributed by atoms with Crippen LogP contribution in [0, 0.1) is 5.92 Å². The molecule has 1 unspecified atom stereocenters. The highest BCUT2D eigenvalue weighted by Crippen LogP contribution is 2.44. The largest absolute Gasteiger partial charge is 0.448 e. The van der Waals surface area contributed by atoms with Crippen LogP contribution in [0.1, 0.15) is 55.4 Å². The number of fused-ring (bicyclic) bond motifs is 3. The average Bonchev–Trinajstić information content (AvgIpc) is 3.44. The van der Waals surface area contributed by atoms with E-state index >= 15 is 0 Å². The van der Waals surface area contributed by atoms with Crippen molar-refractivity contribution in [3.63, 3.8) is 0 Å². The van der Waals surface area contributed by atoms with E-state index in [9.17, 15) is 24.0 Å². The van der Waals surface area contributed by atoms with Crippen LogP contribution in [0.15, 0.2) is 66.7 Å². The molecule has 274 valence electrons. The number of ether oxygens (including phenoxy) is 1. The van der Waals surface area contributed by atoms with Gasteiger partial charge >= 0.3 is 12.1 Å². The number of carbonyl (C=O) groups excluding carboxylic acids is 5. The second-order valence-electron chi connectivity index (χ2n) is 12.3. The van der Waals surface area contributed by atoms with Crippen LogP contribution in [0.4, 0.5) is 15.3 Å². The Bertz CT molecular complexity index is 1640. The summed E-state index contributed by atoms with van der Waals surface area (Å²) in [5, 5.41) is 10.3. The first-order valence-electron chi connectivity index (χ1n) is 16.7. The van der Waals surface area contributed by atoms with Gasteiger partial charge in [-0.15, -0.1) is 11.6 Å². The summed E-state index contributed by atoms with van der Waals surface area (Å²) in [6.07, 6.45) is 0.453. The lowest BCUT2D eigenvalue weighted by atomic mass is 9.98. The summed E-state index contributed by atoms with van der Waals surface area (Å²) in [5.41, 5.74) is 16.7. The molecule has 1 atom stereocenters. The van der Waals surface area contributed by atoms with Crippen molar-refractivity contribution < 1.29 is 28.7 Å². The lowest BCUT2D eigenvalue weighted by Gasteiger charge is -2.22. The van der Waals surface area contributed by atoms with E-state index in [4.69, 9.17) is 27.8 Å². The maximum absolute atomic E-state index is 13.1. The molecule has 0 radical (unpaired) electrons. The lowest BCUT2D eigenvalue weighted by molar-refractivity contribution is -0.130. The number of nitrogens with one attached hydrogen (secondary N) is 4. The van der Waals surface area contributed by atoms with Crippen LogP contribution in [-0.2, 0) is 31.5 Å². The Labute approximate surface area is 303 Å². The van der Waals surface area contributed by atoms with Gasteiger partial charge in [0.05, 0.1) is 13.1 Å². The van der Waals surface area contributed by atoms with E-state index in [1.54, 1.807) is 39.1 Å². The van der Waals surface area contributed by atoms with Crippen molar-refractivity contribution in [1.29, 1.82) is 0 Å². The number of nitrogens with zero attached hydrogens (tertiary/aromatic N) is 1. The zero-order valence-corrected chi connectivity index (χ0v) is 30.2. The molecular formula is C37H48ClN7O6. The van der Waals surface area contributed by atoms with E-state index in [-0.39, 0.29) is 44.0 Å². The van der Waals surface area contributed by atoms with Crippen LogP contribution in [0.5, 0.6) is 0 Å². The minimum Gasteiger partial charge on any atom is -0.448 e. The van der Waals surface area contributed by atoms with Crippen LogP contribution in [-0.4, -0.2) is 74.1 Å². The van der Waals surface area contributed by atoms with Gasteiger partial charge in [-0.2, -0.15) is 0 Å². The molecule has 1 aliphatic rings. The van der Waals surface area contributed by atoms with Crippen LogP contribution in [0.25, 0.3) is 11.1 Å². The molecule has 0 bridgehead atoms. The van der Waals surface area contributed by atoms with Crippen LogP contribution in [0.3, 0.4) is 0 Å². The predicted molar refractivity (Wildman–Crippen MR) is 198 cm³/mol. The summed E-state index contributed by atoms with van der Waals surface area (Å²) in [7, 11) is 1.65. The Morgan fingerprint density at radius 3 is 2.06 bits per heavy atom. The molecule has 0 heterocycles. The van der Waals surface area contributed by atoms with Crippen molar-refractivity contribution in [1.82, 2.24) is 20.9 Å². The molecule has 14 heteroatoms. The first-order chi connectivity index (χ1) is 24.4. The molecule has 1 aliphatic carbocycles. The number of alkyl halides is 1. The maximum Gasteiger partial charge on any atom is 0.409 e. The summed E-state index contributed by atoms with van der Waals surface area (Å²) in [5.74, 6) is -1.44. The third kappa shape index (κ3) is 11.7. The van der Waals surface area contributed by atoms with Gasteiger partial charge in [-0.1, -0.05) is 75.4 Å². The summed E-state index contributed by atoms with van der Waals surface area (Å²) < 4.78 is 5.77. The maximum atomic E-state index is 13.1. The fourth-order valence-electron chi connectivity index (χ4n) is 5.50. The summed E-state index contributed by atoms with van der Waals surface area (Å²) in [4.78, 5) is 61.2. The molecule has 6 amide bonds. The van der Waals surface area contributed by atoms with Gasteiger partial charge in [0, 0.05) is 37.6 Å². The Kier molecular flexibility index (Phi) is 15.7. The van der Waals surface area contributed by atoms with Gasteiger partial charge in [0.1, 0.15) is 12.6 Å². The molecule has 13 nitrogen and oxygen atoms in total. The zero-order chi connectivity index (χ0) is 37.5. The minimum absolute atomic E-state index is 0.0510. The van der Waals surface area contributed by atoms with Gasteiger partial charge < -0.3 is 42.4 Å². The molecule has 3 aromatic rings. The summed E-state index contributed by atoms with van der Waals surface area (Å²) in [6.45, 7) is 6.07. The van der Waals surface area contributed by atoms with E-state index in [1.165, 1.54) is 4.90 Å². The average molecular weight is 722 g/mol. The van der Waals surface area contributed by atoms with E-state index in [0.29, 0.717) is 12.2 Å². The van der Waals surface area contributed by atoms with Crippen LogP contribution in [0.2, 0.25) is 0 Å². The fourth-order valence-corrected chi connectivity index (χ4v) is 5.76. The number of carbonyl (C=O) groups is 5. The number of amides is 6. The molecule has 0 saturated carbocycles. The van der Waals surface area contributed by atoms with Crippen molar-refractivity contribution in [2.75, 3.05) is 38.6 Å². The van der Waals surface area contributed by atoms with Crippen LogP contribution < -0.4 is 32.7 Å². The van der Waals surface area contributed by atoms with Gasteiger partial charge in [-0.05, 0) is 57.9 Å². The second kappa shape index (κ2) is 19.9. The standard InChI is InChI=1S/C33H38ClN5O5.C4H10N2O/c1-20(2)31(38-29(40)16-35)32(42)36-17-30(41)37-23-13-12-21(15-34)22(14-23)18-39(3)33(43)44-19-28-26-10-6-4-8-24(26)25-9-5-7-11-27(25)28;1-2-3-6-4(5)7/h4-14,20,28,31H,15-19,35H2,1-3H3,(H,36,42)(H,37,41)(H,38,40);2-3H2,1H3,(H3,5,6,7). The second-order valence-corrected chi connectivity index (χ2v) is 12.6. The van der Waals surface area contributed by atoms with Crippen molar-refractivity contribution in [3.05, 3.63) is 89.0 Å². The number of rotatable bonds is 14. The Hall–Kier alpha value is -5.14. The van der Waals surface area contributed by atoms with E-state index < -0.39 is 35.9 Å². The molecule has 8 N–H and O–H groups in total. The van der Waals surface area contributed by atoms with Crippen LogP contribution >= 0.6 is 11.6 Å². The third-order valence-corrected chi connectivity index (χ3v) is 8.40. The van der Waals surface area contributed by atoms with E-state index in [2.05, 4.69) is 45.5 Å². The highest BCUT2D eigenvalue weighted by Gasteiger charge is 2.29. The number of hydrogen-bond donors (Lipinski definition) is 6. The van der Waals surface area contributed by atoms with Gasteiger partial charge in [0.15, 0.2) is 0 Å². The van der Waals surface area contributed by atoms with Gasteiger partial charge in [0.2, 0.25) is 17.7 Å². The molecule has 0 saturated heterocycles. The number of primary amides is 1. The minimum atomic E-state index is -0.818. The van der Waals surface area contributed by atoms with E-state index in [1.807, 2.05) is 31.2 Å². The normalized spacial score (nSPS) is 12.0. The molecule has 0 aromatic heterocycles. The zero-order valence-electron chi connectivity index (χ0n) is 29.5. The number of halogens is 1. The molecule has 0 aliphatic heterocycles. The number of hydrogen-bond acceptors (Lipinski definition) is 7. The van der Waals surface area contributed by atoms with E-state index in [0.717, 1.165) is 39.8 Å². The number of benzene rings is 3.